The summed E-state index contributed by atoms with van der Waals surface area (Å²) in [6, 6.07) is 0. The van der Waals surface area contributed by atoms with Crippen molar-refractivity contribution in [2.24, 2.45) is 0 Å². The zero-order chi connectivity index (χ0) is 20.6. The molecule has 2 aliphatic heterocycles. The summed E-state index contributed by atoms with van der Waals surface area (Å²) in [7, 11) is 3.64. The number of hydrogen-bond donors (Lipinski definition) is 1. The van der Waals surface area contributed by atoms with Gasteiger partial charge in [-0.15, -0.1) is 0 Å². The smallest absolute Gasteiger partial charge is 0.253 e. The molecule has 3 heterocycles. The van der Waals surface area contributed by atoms with Crippen molar-refractivity contribution in [2.75, 3.05) is 78.1 Å². The van der Waals surface area contributed by atoms with Crippen molar-refractivity contribution < 1.29 is 19.1 Å². The van der Waals surface area contributed by atoms with Gasteiger partial charge in [-0.2, -0.15) is 4.37 Å². The summed E-state index contributed by atoms with van der Waals surface area (Å²) >= 11 is 1.34. The monoisotopic (exact) mass is 426 g/mol. The second-order valence-electron chi connectivity index (χ2n) is 7.27. The number of anilines is 1. The molecule has 0 aromatic carbocycles. The van der Waals surface area contributed by atoms with E-state index < -0.39 is 6.10 Å². The van der Waals surface area contributed by atoms with Crippen LogP contribution in [-0.2, 0) is 25.5 Å². The number of methoxy groups -OCH3 is 1. The summed E-state index contributed by atoms with van der Waals surface area (Å²) in [5.41, 5.74) is 0. The molecule has 10 nitrogen and oxygen atoms in total. The Morgan fingerprint density at radius 3 is 2.97 bits per heavy atom. The fourth-order valence-corrected chi connectivity index (χ4v) is 4.09. The molecule has 11 heteroatoms. The first-order chi connectivity index (χ1) is 14.1. The average molecular weight is 427 g/mol. The van der Waals surface area contributed by atoms with E-state index in [9.17, 15) is 9.59 Å². The summed E-state index contributed by atoms with van der Waals surface area (Å²) in [5.74, 6) is 0.645. The van der Waals surface area contributed by atoms with Crippen LogP contribution in [0.25, 0.3) is 0 Å². The van der Waals surface area contributed by atoms with E-state index in [-0.39, 0.29) is 11.8 Å². The largest absolute Gasteiger partial charge is 0.384 e. The van der Waals surface area contributed by atoms with Crippen LogP contribution in [0, 0.1) is 0 Å². The number of morpholine rings is 1. The van der Waals surface area contributed by atoms with E-state index in [0.29, 0.717) is 65.3 Å². The number of amides is 2. The van der Waals surface area contributed by atoms with Gasteiger partial charge < -0.3 is 29.5 Å². The Labute approximate surface area is 175 Å². The number of likely N-dealkylation sites (N-methyl/N-ethyl adjacent to an activating group) is 1. The molecule has 2 saturated heterocycles. The predicted octanol–water partition coefficient (Wildman–Crippen LogP) is -0.787. The number of ether oxygens (including phenoxy) is 2. The van der Waals surface area contributed by atoms with E-state index in [4.69, 9.17) is 9.47 Å². The number of aromatic nitrogens is 2. The molecule has 2 fully saturated rings. The fraction of sp³-hybridized carbons (Fsp3) is 0.778. The highest BCUT2D eigenvalue weighted by atomic mass is 32.1. The molecule has 0 spiro atoms. The Morgan fingerprint density at radius 2 is 2.17 bits per heavy atom. The maximum absolute atomic E-state index is 13.0. The Morgan fingerprint density at radius 1 is 1.31 bits per heavy atom. The molecule has 0 bridgehead atoms. The van der Waals surface area contributed by atoms with Crippen LogP contribution in [0.3, 0.4) is 0 Å². The number of nitrogens with one attached hydrogen (secondary N) is 1. The molecule has 0 aliphatic carbocycles. The molecule has 2 aliphatic rings. The van der Waals surface area contributed by atoms with Crippen molar-refractivity contribution >= 4 is 28.5 Å². The number of rotatable bonds is 5. The van der Waals surface area contributed by atoms with Crippen LogP contribution in [0.5, 0.6) is 0 Å². The SMILES string of the molecule is COCCc1nsc(N2CCNC(=O)CCN(C(=O)C3CN(C)CCO3)CC2)n1. The molecule has 1 N–H and O–H groups in total. The van der Waals surface area contributed by atoms with Crippen LogP contribution in [0.1, 0.15) is 12.2 Å². The van der Waals surface area contributed by atoms with Crippen LogP contribution in [0.4, 0.5) is 5.13 Å². The first kappa shape index (κ1) is 21.9. The second-order valence-corrected chi connectivity index (χ2v) is 8.00. The fourth-order valence-electron chi connectivity index (χ4n) is 3.33. The van der Waals surface area contributed by atoms with Gasteiger partial charge >= 0.3 is 0 Å². The minimum atomic E-state index is -0.477. The molecule has 1 atom stereocenters. The maximum atomic E-state index is 13.0. The lowest BCUT2D eigenvalue weighted by molar-refractivity contribution is -0.149. The predicted molar refractivity (Wildman–Crippen MR) is 109 cm³/mol. The van der Waals surface area contributed by atoms with Gasteiger partial charge in [0.25, 0.3) is 5.91 Å². The van der Waals surface area contributed by atoms with Gasteiger partial charge in [0.1, 0.15) is 11.9 Å². The first-order valence-electron chi connectivity index (χ1n) is 9.99. The number of hydrogen-bond acceptors (Lipinski definition) is 9. The minimum Gasteiger partial charge on any atom is -0.384 e. The van der Waals surface area contributed by atoms with E-state index in [1.54, 1.807) is 12.0 Å². The average Bonchev–Trinajstić information content (AvgIpc) is 3.19. The molecular weight excluding hydrogens is 396 g/mol. The van der Waals surface area contributed by atoms with E-state index >= 15 is 0 Å². The van der Waals surface area contributed by atoms with Crippen LogP contribution in [0.15, 0.2) is 0 Å². The summed E-state index contributed by atoms with van der Waals surface area (Å²) in [5, 5.41) is 3.72. The third-order valence-corrected chi connectivity index (χ3v) is 5.88. The molecule has 0 radical (unpaired) electrons. The van der Waals surface area contributed by atoms with Crippen LogP contribution < -0.4 is 10.2 Å². The zero-order valence-corrected chi connectivity index (χ0v) is 17.9. The number of carbonyl (C=O) groups is 2. The Bertz CT molecular complexity index is 687. The lowest BCUT2D eigenvalue weighted by atomic mass is 10.2. The van der Waals surface area contributed by atoms with Crippen molar-refractivity contribution in [1.29, 1.82) is 0 Å². The molecule has 3 rings (SSSR count). The second kappa shape index (κ2) is 10.8. The van der Waals surface area contributed by atoms with Gasteiger partial charge in [0.15, 0.2) is 0 Å². The van der Waals surface area contributed by atoms with Crippen molar-refractivity contribution in [3.63, 3.8) is 0 Å². The molecule has 2 amide bonds. The molecule has 0 saturated carbocycles. The lowest BCUT2D eigenvalue weighted by Gasteiger charge is -2.34. The number of nitrogens with zero attached hydrogens (tertiary/aromatic N) is 5. The maximum Gasteiger partial charge on any atom is 0.253 e. The van der Waals surface area contributed by atoms with Crippen molar-refractivity contribution in [3.05, 3.63) is 5.82 Å². The number of carbonyl (C=O) groups excluding carboxylic acids is 2. The minimum absolute atomic E-state index is 0.0515. The van der Waals surface area contributed by atoms with Gasteiger partial charge in [0.2, 0.25) is 11.0 Å². The van der Waals surface area contributed by atoms with Gasteiger partial charge in [0, 0.05) is 77.3 Å². The Kier molecular flexibility index (Phi) is 8.16. The van der Waals surface area contributed by atoms with Crippen LogP contribution in [0.2, 0.25) is 0 Å². The normalized spacial score (nSPS) is 22.4. The van der Waals surface area contributed by atoms with Gasteiger partial charge in [-0.1, -0.05) is 0 Å². The van der Waals surface area contributed by atoms with Gasteiger partial charge in [-0.25, -0.2) is 4.98 Å². The van der Waals surface area contributed by atoms with Gasteiger partial charge in [-0.05, 0) is 7.05 Å². The standard InChI is InChI=1S/C18H30N6O4S/c1-22-10-12-28-14(13-22)17(26)23-6-3-16(25)19-5-7-24(9-8-23)18-20-15(21-29-18)4-11-27-2/h14H,3-13H2,1-2H3,(H,19,25). The Balaban J connectivity index is 1.67. The molecule has 162 valence electrons. The first-order valence-corrected chi connectivity index (χ1v) is 10.8. The van der Waals surface area contributed by atoms with Crippen LogP contribution >= 0.6 is 11.5 Å². The van der Waals surface area contributed by atoms with Gasteiger partial charge in [0.05, 0.1) is 13.2 Å². The highest BCUT2D eigenvalue weighted by molar-refractivity contribution is 7.09. The highest BCUT2D eigenvalue weighted by Gasteiger charge is 2.30. The topological polar surface area (TPSA) is 100 Å². The third-order valence-electron chi connectivity index (χ3n) is 5.07. The Hall–Kier alpha value is -1.82. The zero-order valence-electron chi connectivity index (χ0n) is 17.1. The molecule has 1 aromatic heterocycles. The summed E-state index contributed by atoms with van der Waals surface area (Å²) < 4.78 is 15.2. The summed E-state index contributed by atoms with van der Waals surface area (Å²) in [6.45, 7) is 5.20. The van der Waals surface area contributed by atoms with Crippen molar-refractivity contribution in [1.82, 2.24) is 24.5 Å². The molecule has 1 unspecified atom stereocenters. The molecule has 29 heavy (non-hydrogen) atoms. The lowest BCUT2D eigenvalue weighted by Crippen LogP contribution is -2.52. The summed E-state index contributed by atoms with van der Waals surface area (Å²) in [6.07, 6.45) is 0.485. The highest BCUT2D eigenvalue weighted by Crippen LogP contribution is 2.18. The van der Waals surface area contributed by atoms with Gasteiger partial charge in [-0.3, -0.25) is 9.59 Å². The van der Waals surface area contributed by atoms with E-state index in [0.717, 1.165) is 17.5 Å². The van der Waals surface area contributed by atoms with E-state index in [1.165, 1.54) is 11.5 Å². The molecular formula is C18H30N6O4S. The summed E-state index contributed by atoms with van der Waals surface area (Å²) in [4.78, 5) is 35.6. The van der Waals surface area contributed by atoms with E-state index in [1.807, 2.05) is 7.05 Å². The van der Waals surface area contributed by atoms with Crippen LogP contribution in [-0.4, -0.2) is 110 Å². The molecule has 1 aromatic rings. The quantitative estimate of drug-likeness (QED) is 0.654. The third kappa shape index (κ3) is 6.33. The van der Waals surface area contributed by atoms with Crippen molar-refractivity contribution in [3.8, 4) is 0 Å². The van der Waals surface area contributed by atoms with Crippen molar-refractivity contribution in [2.45, 2.75) is 18.9 Å². The van der Waals surface area contributed by atoms with E-state index in [2.05, 4.69) is 24.5 Å².